The lowest BCUT2D eigenvalue weighted by Gasteiger charge is -2.17. The normalized spacial score (nSPS) is 13.2. The van der Waals surface area contributed by atoms with Gasteiger partial charge in [-0.25, -0.2) is 0 Å². The Kier molecular flexibility index (Phi) is 6.69. The molecule has 0 aliphatic rings. The predicted molar refractivity (Wildman–Crippen MR) is 78.2 cm³/mol. The van der Waals surface area contributed by atoms with Gasteiger partial charge in [0.2, 0.25) is 0 Å². The third-order valence-corrected chi connectivity index (χ3v) is 3.53. The molecule has 0 radical (unpaired) electrons. The van der Waals surface area contributed by atoms with Gasteiger partial charge in [0.15, 0.2) is 0 Å². The molecule has 1 aromatic rings. The van der Waals surface area contributed by atoms with Gasteiger partial charge in [0, 0.05) is 10.0 Å². The van der Waals surface area contributed by atoms with Crippen LogP contribution in [0.1, 0.15) is 51.0 Å². The van der Waals surface area contributed by atoms with Gasteiger partial charge >= 0.3 is 0 Å². The molecule has 0 aliphatic carbocycles. The lowest BCUT2D eigenvalue weighted by atomic mass is 9.91. The highest BCUT2D eigenvalue weighted by Crippen LogP contribution is 2.36. The van der Waals surface area contributed by atoms with Crippen molar-refractivity contribution >= 4 is 23.2 Å². The lowest BCUT2D eigenvalue weighted by Crippen LogP contribution is -1.99. The SMILES string of the molecule is CC/C=C\CC(CCC)c1c(Cl)cccc1Cl. The molecule has 0 saturated carbocycles. The van der Waals surface area contributed by atoms with E-state index in [2.05, 4.69) is 26.0 Å². The number of allylic oxidation sites excluding steroid dienone is 2. The highest BCUT2D eigenvalue weighted by Gasteiger charge is 2.15. The maximum absolute atomic E-state index is 6.26. The Morgan fingerprint density at radius 1 is 1.12 bits per heavy atom. The Morgan fingerprint density at radius 3 is 2.29 bits per heavy atom. The molecule has 0 nitrogen and oxygen atoms in total. The number of halogens is 2. The minimum absolute atomic E-state index is 0.434. The summed E-state index contributed by atoms with van der Waals surface area (Å²) in [7, 11) is 0. The molecule has 1 unspecified atom stereocenters. The van der Waals surface area contributed by atoms with Crippen LogP contribution in [-0.4, -0.2) is 0 Å². The van der Waals surface area contributed by atoms with E-state index in [1.807, 2.05) is 18.2 Å². The second-order valence-corrected chi connectivity index (χ2v) is 5.05. The van der Waals surface area contributed by atoms with Crippen molar-refractivity contribution in [3.63, 3.8) is 0 Å². The maximum atomic E-state index is 6.26. The Hall–Kier alpha value is -0.460. The zero-order valence-corrected chi connectivity index (χ0v) is 12.1. The van der Waals surface area contributed by atoms with Crippen molar-refractivity contribution in [2.75, 3.05) is 0 Å². The molecule has 1 atom stereocenters. The quantitative estimate of drug-likeness (QED) is 0.538. The van der Waals surface area contributed by atoms with Crippen molar-refractivity contribution < 1.29 is 0 Å². The van der Waals surface area contributed by atoms with Crippen molar-refractivity contribution in [1.82, 2.24) is 0 Å². The molecule has 1 rings (SSSR count). The first kappa shape index (κ1) is 14.6. The fourth-order valence-corrected chi connectivity index (χ4v) is 2.76. The Balaban J connectivity index is 2.92. The van der Waals surface area contributed by atoms with Crippen LogP contribution in [0, 0.1) is 0 Å². The highest BCUT2D eigenvalue weighted by molar-refractivity contribution is 6.36. The van der Waals surface area contributed by atoms with Crippen LogP contribution in [-0.2, 0) is 0 Å². The van der Waals surface area contributed by atoms with Gasteiger partial charge in [-0.2, -0.15) is 0 Å². The summed E-state index contributed by atoms with van der Waals surface area (Å²) < 4.78 is 0. The largest absolute Gasteiger partial charge is 0.0888 e. The Morgan fingerprint density at radius 2 is 1.76 bits per heavy atom. The molecule has 0 amide bonds. The minimum atomic E-state index is 0.434. The number of hydrogen-bond acceptors (Lipinski definition) is 0. The van der Waals surface area contributed by atoms with Crippen molar-refractivity contribution in [2.45, 2.75) is 45.4 Å². The van der Waals surface area contributed by atoms with Gasteiger partial charge in [0.25, 0.3) is 0 Å². The third kappa shape index (κ3) is 4.37. The number of rotatable bonds is 6. The maximum Gasteiger partial charge on any atom is 0.0455 e. The van der Waals surface area contributed by atoms with Crippen molar-refractivity contribution in [3.8, 4) is 0 Å². The molecule has 0 aliphatic heterocycles. The van der Waals surface area contributed by atoms with Crippen molar-refractivity contribution in [1.29, 1.82) is 0 Å². The summed E-state index contributed by atoms with van der Waals surface area (Å²) in [6.45, 7) is 4.34. The summed E-state index contributed by atoms with van der Waals surface area (Å²) in [5, 5.41) is 1.58. The first-order valence-corrected chi connectivity index (χ1v) is 7.05. The molecule has 1 aromatic carbocycles. The second kappa shape index (κ2) is 7.79. The molecule has 0 bridgehead atoms. The van der Waals surface area contributed by atoms with E-state index < -0.39 is 0 Å². The van der Waals surface area contributed by atoms with E-state index in [9.17, 15) is 0 Å². The van der Waals surface area contributed by atoms with Crippen LogP contribution >= 0.6 is 23.2 Å². The number of benzene rings is 1. The van der Waals surface area contributed by atoms with E-state index >= 15 is 0 Å². The summed E-state index contributed by atoms with van der Waals surface area (Å²) in [5.74, 6) is 0.434. The standard InChI is InChI=1S/C15H20Cl2/c1-3-5-6-9-12(8-4-2)15-13(16)10-7-11-14(15)17/h5-7,10-12H,3-4,8-9H2,1-2H3/b6-5-. The van der Waals surface area contributed by atoms with Crippen LogP contribution < -0.4 is 0 Å². The van der Waals surface area contributed by atoms with Gasteiger partial charge in [0.1, 0.15) is 0 Å². The van der Waals surface area contributed by atoms with Crippen LogP contribution in [0.15, 0.2) is 30.4 Å². The van der Waals surface area contributed by atoms with Gasteiger partial charge in [-0.3, -0.25) is 0 Å². The van der Waals surface area contributed by atoms with Crippen molar-refractivity contribution in [3.05, 3.63) is 46.0 Å². The number of hydrogen-bond donors (Lipinski definition) is 0. The van der Waals surface area contributed by atoms with Crippen LogP contribution in [0.25, 0.3) is 0 Å². The molecule has 17 heavy (non-hydrogen) atoms. The van der Waals surface area contributed by atoms with E-state index in [0.29, 0.717) is 5.92 Å². The van der Waals surface area contributed by atoms with Crippen LogP contribution in [0.2, 0.25) is 10.0 Å². The van der Waals surface area contributed by atoms with E-state index in [4.69, 9.17) is 23.2 Å². The lowest BCUT2D eigenvalue weighted by molar-refractivity contribution is 0.620. The monoisotopic (exact) mass is 270 g/mol. The van der Waals surface area contributed by atoms with Gasteiger partial charge in [-0.15, -0.1) is 0 Å². The fourth-order valence-electron chi connectivity index (χ4n) is 2.06. The predicted octanol–water partition coefficient (Wildman–Crippen LogP) is 6.23. The first-order valence-electron chi connectivity index (χ1n) is 6.29. The first-order chi connectivity index (χ1) is 8.20. The Labute approximate surface area is 115 Å². The topological polar surface area (TPSA) is 0 Å². The minimum Gasteiger partial charge on any atom is -0.0888 e. The smallest absolute Gasteiger partial charge is 0.0455 e. The van der Waals surface area contributed by atoms with E-state index in [-0.39, 0.29) is 0 Å². The summed E-state index contributed by atoms with van der Waals surface area (Å²) in [5.41, 5.74) is 1.11. The van der Waals surface area contributed by atoms with Crippen LogP contribution in [0.5, 0.6) is 0 Å². The summed E-state index contributed by atoms with van der Waals surface area (Å²) in [4.78, 5) is 0. The molecule has 94 valence electrons. The molecule has 0 N–H and O–H groups in total. The molecular formula is C15H20Cl2. The highest BCUT2D eigenvalue weighted by atomic mass is 35.5. The van der Waals surface area contributed by atoms with E-state index in [1.165, 1.54) is 0 Å². The zero-order chi connectivity index (χ0) is 12.7. The van der Waals surface area contributed by atoms with Crippen molar-refractivity contribution in [2.24, 2.45) is 0 Å². The van der Waals surface area contributed by atoms with Crippen LogP contribution in [0.3, 0.4) is 0 Å². The molecule has 0 fully saturated rings. The fraction of sp³-hybridized carbons (Fsp3) is 0.467. The summed E-state index contributed by atoms with van der Waals surface area (Å²) in [6.07, 6.45) is 8.80. The van der Waals surface area contributed by atoms with E-state index in [1.54, 1.807) is 0 Å². The molecule has 0 heterocycles. The van der Waals surface area contributed by atoms with Crippen LogP contribution in [0.4, 0.5) is 0 Å². The van der Waals surface area contributed by atoms with Gasteiger partial charge in [-0.1, -0.05) is 61.7 Å². The molecular weight excluding hydrogens is 251 g/mol. The molecule has 0 spiro atoms. The molecule has 0 aromatic heterocycles. The molecule has 2 heteroatoms. The average Bonchev–Trinajstić information content (AvgIpc) is 2.29. The third-order valence-electron chi connectivity index (χ3n) is 2.87. The van der Waals surface area contributed by atoms with Gasteiger partial charge < -0.3 is 0 Å². The summed E-state index contributed by atoms with van der Waals surface area (Å²) >= 11 is 12.5. The molecule has 0 saturated heterocycles. The van der Waals surface area contributed by atoms with Gasteiger partial charge in [-0.05, 0) is 42.9 Å². The zero-order valence-electron chi connectivity index (χ0n) is 10.5. The average molecular weight is 271 g/mol. The van der Waals surface area contributed by atoms with Gasteiger partial charge in [0.05, 0.1) is 0 Å². The summed E-state index contributed by atoms with van der Waals surface area (Å²) in [6, 6.07) is 5.75. The second-order valence-electron chi connectivity index (χ2n) is 4.24. The van der Waals surface area contributed by atoms with E-state index in [0.717, 1.165) is 41.3 Å². The Bertz CT molecular complexity index is 349.